The Morgan fingerprint density at radius 2 is 1.82 bits per heavy atom. The van der Waals surface area contributed by atoms with Crippen molar-refractivity contribution < 1.29 is 9.53 Å². The fourth-order valence-corrected chi connectivity index (χ4v) is 4.63. The second-order valence-electron chi connectivity index (χ2n) is 8.48. The van der Waals surface area contributed by atoms with Crippen molar-refractivity contribution in [2.24, 2.45) is 11.8 Å². The van der Waals surface area contributed by atoms with Crippen LogP contribution in [0.15, 0.2) is 53.0 Å². The SMILES string of the molecule is COC(=O)NCC1CCCC(CNc2nc(/C=C/c3ccc(Br)cc3)nc3ccccc23)C1. The summed E-state index contributed by atoms with van der Waals surface area (Å²) < 4.78 is 5.75. The molecule has 0 aliphatic heterocycles. The second kappa shape index (κ2) is 11.3. The maximum absolute atomic E-state index is 11.4. The van der Waals surface area contributed by atoms with Gasteiger partial charge in [0.1, 0.15) is 5.82 Å². The van der Waals surface area contributed by atoms with Gasteiger partial charge in [-0.3, -0.25) is 0 Å². The number of para-hydroxylation sites is 1. The molecule has 1 heterocycles. The Labute approximate surface area is 203 Å². The van der Waals surface area contributed by atoms with Crippen molar-refractivity contribution in [1.82, 2.24) is 15.3 Å². The summed E-state index contributed by atoms with van der Waals surface area (Å²) in [5.41, 5.74) is 2.02. The summed E-state index contributed by atoms with van der Waals surface area (Å²) in [5.74, 6) is 2.57. The van der Waals surface area contributed by atoms with E-state index in [2.05, 4.69) is 44.8 Å². The zero-order chi connectivity index (χ0) is 23.0. The lowest BCUT2D eigenvalue weighted by Crippen LogP contribution is -2.33. The molecular formula is C26H29BrN4O2. The number of ether oxygens (including phenoxy) is 1. The Bertz CT molecular complexity index is 1120. The van der Waals surface area contributed by atoms with Gasteiger partial charge in [-0.2, -0.15) is 0 Å². The highest BCUT2D eigenvalue weighted by molar-refractivity contribution is 9.10. The van der Waals surface area contributed by atoms with Gasteiger partial charge < -0.3 is 15.4 Å². The lowest BCUT2D eigenvalue weighted by Gasteiger charge is -2.29. The number of benzene rings is 2. The van der Waals surface area contributed by atoms with Crippen molar-refractivity contribution >= 4 is 50.9 Å². The number of fused-ring (bicyclic) bond motifs is 1. The Kier molecular flexibility index (Phi) is 7.94. The molecule has 2 N–H and O–H groups in total. The minimum Gasteiger partial charge on any atom is -0.453 e. The fourth-order valence-electron chi connectivity index (χ4n) is 4.36. The smallest absolute Gasteiger partial charge is 0.406 e. The molecule has 1 aromatic heterocycles. The molecule has 0 saturated heterocycles. The molecule has 172 valence electrons. The Morgan fingerprint density at radius 3 is 2.61 bits per heavy atom. The predicted molar refractivity (Wildman–Crippen MR) is 137 cm³/mol. The lowest BCUT2D eigenvalue weighted by molar-refractivity contribution is 0.165. The second-order valence-corrected chi connectivity index (χ2v) is 9.40. The third-order valence-corrected chi connectivity index (χ3v) is 6.61. The number of halogens is 1. The van der Waals surface area contributed by atoms with Crippen LogP contribution in [0.4, 0.5) is 10.6 Å². The number of carbonyl (C=O) groups is 1. The molecule has 1 amide bonds. The van der Waals surface area contributed by atoms with Crippen molar-refractivity contribution in [2.75, 3.05) is 25.5 Å². The molecule has 33 heavy (non-hydrogen) atoms. The minimum atomic E-state index is -0.355. The van der Waals surface area contributed by atoms with E-state index in [1.807, 2.05) is 42.5 Å². The van der Waals surface area contributed by atoms with Crippen LogP contribution in [0.25, 0.3) is 23.1 Å². The van der Waals surface area contributed by atoms with E-state index in [9.17, 15) is 4.79 Å². The van der Waals surface area contributed by atoms with E-state index in [0.29, 0.717) is 24.2 Å². The van der Waals surface area contributed by atoms with Crippen LogP contribution in [0.1, 0.15) is 37.1 Å². The highest BCUT2D eigenvalue weighted by atomic mass is 79.9. The number of hydrogen-bond donors (Lipinski definition) is 2. The molecule has 2 aromatic carbocycles. The summed E-state index contributed by atoms with van der Waals surface area (Å²) in [6.07, 6.45) is 8.20. The van der Waals surface area contributed by atoms with Crippen LogP contribution in [0.3, 0.4) is 0 Å². The number of anilines is 1. The summed E-state index contributed by atoms with van der Waals surface area (Å²) >= 11 is 3.47. The number of rotatable bonds is 7. The number of aromatic nitrogens is 2. The normalized spacial score (nSPS) is 18.4. The molecule has 0 radical (unpaired) electrons. The number of nitrogens with zero attached hydrogens (tertiary/aromatic N) is 2. The first-order valence-corrected chi connectivity index (χ1v) is 12.2. The van der Waals surface area contributed by atoms with Crippen LogP contribution in [0.5, 0.6) is 0 Å². The van der Waals surface area contributed by atoms with Crippen molar-refractivity contribution in [3.05, 3.63) is 64.4 Å². The molecule has 2 atom stereocenters. The third-order valence-electron chi connectivity index (χ3n) is 6.09. The van der Waals surface area contributed by atoms with Crippen molar-refractivity contribution in [2.45, 2.75) is 25.7 Å². The van der Waals surface area contributed by atoms with Gasteiger partial charge in [-0.25, -0.2) is 14.8 Å². The van der Waals surface area contributed by atoms with Crippen LogP contribution in [-0.4, -0.2) is 36.3 Å². The van der Waals surface area contributed by atoms with E-state index in [1.54, 1.807) is 0 Å². The number of nitrogens with one attached hydrogen (secondary N) is 2. The monoisotopic (exact) mass is 508 g/mol. The van der Waals surface area contributed by atoms with E-state index in [0.717, 1.165) is 46.1 Å². The van der Waals surface area contributed by atoms with Gasteiger partial charge in [0.15, 0.2) is 5.82 Å². The quantitative estimate of drug-likeness (QED) is 0.400. The average Bonchev–Trinajstić information content (AvgIpc) is 2.85. The maximum Gasteiger partial charge on any atom is 0.406 e. The first-order valence-electron chi connectivity index (χ1n) is 11.4. The number of hydrogen-bond acceptors (Lipinski definition) is 5. The van der Waals surface area contributed by atoms with Gasteiger partial charge in [-0.05, 0) is 67.0 Å². The van der Waals surface area contributed by atoms with E-state index < -0.39 is 0 Å². The van der Waals surface area contributed by atoms with Crippen LogP contribution in [0.2, 0.25) is 0 Å². The molecule has 1 saturated carbocycles. The standard InChI is InChI=1S/C26H29BrN4O2/c1-33-26(32)29-17-20-6-4-5-19(15-20)16-28-25-22-7-2-3-8-23(22)30-24(31-25)14-11-18-9-12-21(27)13-10-18/h2-3,7-14,19-20H,4-6,15-17H2,1H3,(H,29,32)(H,28,30,31)/b14-11+. The topological polar surface area (TPSA) is 76.1 Å². The van der Waals surface area contributed by atoms with Gasteiger partial charge in [-0.15, -0.1) is 0 Å². The molecule has 1 fully saturated rings. The molecule has 3 aromatic rings. The number of alkyl carbamates (subject to hydrolysis) is 1. The molecule has 0 bridgehead atoms. The Balaban J connectivity index is 1.45. The zero-order valence-corrected chi connectivity index (χ0v) is 20.3. The first-order chi connectivity index (χ1) is 16.1. The van der Waals surface area contributed by atoms with E-state index in [-0.39, 0.29) is 6.09 Å². The fraction of sp³-hybridized carbons (Fsp3) is 0.346. The van der Waals surface area contributed by atoms with Gasteiger partial charge in [0, 0.05) is 22.9 Å². The highest BCUT2D eigenvalue weighted by Gasteiger charge is 2.22. The zero-order valence-electron chi connectivity index (χ0n) is 18.8. The highest BCUT2D eigenvalue weighted by Crippen LogP contribution is 2.30. The summed E-state index contributed by atoms with van der Waals surface area (Å²) in [5, 5.41) is 7.47. The molecular weight excluding hydrogens is 480 g/mol. The van der Waals surface area contributed by atoms with Crippen LogP contribution in [0, 0.1) is 11.8 Å². The molecule has 0 spiro atoms. The minimum absolute atomic E-state index is 0.355. The van der Waals surface area contributed by atoms with Gasteiger partial charge in [0.05, 0.1) is 12.6 Å². The number of methoxy groups -OCH3 is 1. The lowest BCUT2D eigenvalue weighted by atomic mass is 9.81. The van der Waals surface area contributed by atoms with Gasteiger partial charge in [0.25, 0.3) is 0 Å². The first kappa shape index (κ1) is 23.2. The Hall–Kier alpha value is -2.93. The van der Waals surface area contributed by atoms with Crippen molar-refractivity contribution in [3.63, 3.8) is 0 Å². The van der Waals surface area contributed by atoms with Gasteiger partial charge in [0.2, 0.25) is 0 Å². The van der Waals surface area contributed by atoms with E-state index in [4.69, 9.17) is 14.7 Å². The molecule has 4 rings (SSSR count). The average molecular weight is 509 g/mol. The third kappa shape index (κ3) is 6.54. The molecule has 1 aliphatic rings. The largest absolute Gasteiger partial charge is 0.453 e. The summed E-state index contributed by atoms with van der Waals surface area (Å²) in [7, 11) is 1.40. The van der Waals surface area contributed by atoms with E-state index >= 15 is 0 Å². The predicted octanol–water partition coefficient (Wildman–Crippen LogP) is 6.14. The number of amides is 1. The van der Waals surface area contributed by atoms with Crippen LogP contribution >= 0.6 is 15.9 Å². The van der Waals surface area contributed by atoms with Crippen molar-refractivity contribution in [1.29, 1.82) is 0 Å². The van der Waals surface area contributed by atoms with Crippen molar-refractivity contribution in [3.8, 4) is 0 Å². The molecule has 6 nitrogen and oxygen atoms in total. The van der Waals surface area contributed by atoms with Crippen LogP contribution < -0.4 is 10.6 Å². The van der Waals surface area contributed by atoms with Gasteiger partial charge in [-0.1, -0.05) is 52.7 Å². The van der Waals surface area contributed by atoms with Gasteiger partial charge >= 0.3 is 6.09 Å². The van der Waals surface area contributed by atoms with Crippen LogP contribution in [-0.2, 0) is 4.74 Å². The Morgan fingerprint density at radius 1 is 1.06 bits per heavy atom. The van der Waals surface area contributed by atoms with E-state index in [1.165, 1.54) is 20.0 Å². The molecule has 7 heteroatoms. The molecule has 2 unspecified atom stereocenters. The summed E-state index contributed by atoms with van der Waals surface area (Å²) in [6.45, 7) is 1.52. The summed E-state index contributed by atoms with van der Waals surface area (Å²) in [6, 6.07) is 16.2. The maximum atomic E-state index is 11.4. The molecule has 1 aliphatic carbocycles. The number of carbonyl (C=O) groups excluding carboxylic acids is 1. The summed E-state index contributed by atoms with van der Waals surface area (Å²) in [4.78, 5) is 20.9.